The predicted octanol–water partition coefficient (Wildman–Crippen LogP) is -0.485. The Kier molecular flexibility index (Phi) is 3.48. The Balaban J connectivity index is 2.25. The Hall–Kier alpha value is -0.210. The van der Waals surface area contributed by atoms with E-state index in [9.17, 15) is 9.90 Å². The number of hydrogen-bond donors (Lipinski definition) is 2. The van der Waals surface area contributed by atoms with Gasteiger partial charge in [0.25, 0.3) is 0 Å². The molecule has 0 aromatic rings. The molecule has 0 aliphatic carbocycles. The van der Waals surface area contributed by atoms with E-state index in [1.165, 1.54) is 0 Å². The van der Waals surface area contributed by atoms with Crippen molar-refractivity contribution in [3.8, 4) is 0 Å². The lowest BCUT2D eigenvalue weighted by molar-refractivity contribution is -0.184. The molecule has 3 N–H and O–H groups in total. The van der Waals surface area contributed by atoms with Crippen LogP contribution in [0.1, 0.15) is 13.8 Å². The maximum atomic E-state index is 11.3. The average molecular weight is 310 g/mol. The van der Waals surface area contributed by atoms with Crippen molar-refractivity contribution in [2.75, 3.05) is 5.33 Å². The first kappa shape index (κ1) is 13.2. The molecule has 7 heteroatoms. The molecule has 2 aliphatic heterocycles. The van der Waals surface area contributed by atoms with Crippen LogP contribution in [0, 0.1) is 0 Å². The van der Waals surface area contributed by atoms with Crippen molar-refractivity contribution in [2.24, 2.45) is 5.73 Å². The minimum Gasteiger partial charge on any atom is -0.388 e. The molecule has 0 aromatic heterocycles. The van der Waals surface area contributed by atoms with E-state index in [1.54, 1.807) is 13.8 Å². The van der Waals surface area contributed by atoms with E-state index in [0.29, 0.717) is 5.33 Å². The van der Waals surface area contributed by atoms with Crippen LogP contribution < -0.4 is 5.73 Å². The molecule has 98 valence electrons. The quantitative estimate of drug-likeness (QED) is 0.672. The SMILES string of the molecule is CC1(C)O[C@@H]2[C@@H](O)[C@@H](CBr)O[C@H](C(N)=O)[C@@H]2O1. The maximum Gasteiger partial charge on any atom is 0.249 e. The number of carbonyl (C=O) groups is 1. The average Bonchev–Trinajstić information content (AvgIpc) is 2.54. The molecule has 5 atom stereocenters. The fourth-order valence-electron chi connectivity index (χ4n) is 2.23. The molecular weight excluding hydrogens is 294 g/mol. The number of ether oxygens (including phenoxy) is 3. The first-order valence-corrected chi connectivity index (χ1v) is 6.52. The topological polar surface area (TPSA) is 91.0 Å². The molecule has 0 spiro atoms. The highest BCUT2D eigenvalue weighted by atomic mass is 79.9. The highest BCUT2D eigenvalue weighted by Gasteiger charge is 2.56. The number of rotatable bonds is 2. The van der Waals surface area contributed by atoms with E-state index in [-0.39, 0.29) is 0 Å². The van der Waals surface area contributed by atoms with Crippen molar-refractivity contribution in [3.05, 3.63) is 0 Å². The summed E-state index contributed by atoms with van der Waals surface area (Å²) in [6.07, 6.45) is -3.54. The smallest absolute Gasteiger partial charge is 0.249 e. The largest absolute Gasteiger partial charge is 0.388 e. The second-order valence-electron chi connectivity index (χ2n) is 4.71. The Morgan fingerprint density at radius 1 is 1.41 bits per heavy atom. The Labute approximate surface area is 108 Å². The van der Waals surface area contributed by atoms with Gasteiger partial charge < -0.3 is 25.1 Å². The minimum absolute atomic E-state index is 0.394. The van der Waals surface area contributed by atoms with E-state index in [4.69, 9.17) is 19.9 Å². The summed E-state index contributed by atoms with van der Waals surface area (Å²) in [6, 6.07) is 0. The molecule has 0 aromatic carbocycles. The van der Waals surface area contributed by atoms with Crippen molar-refractivity contribution >= 4 is 21.8 Å². The summed E-state index contributed by atoms with van der Waals surface area (Å²) in [7, 11) is 0. The highest BCUT2D eigenvalue weighted by Crippen LogP contribution is 2.37. The summed E-state index contributed by atoms with van der Waals surface area (Å²) in [6.45, 7) is 3.44. The van der Waals surface area contributed by atoms with Gasteiger partial charge in [0.15, 0.2) is 11.9 Å². The van der Waals surface area contributed by atoms with E-state index in [2.05, 4.69) is 15.9 Å². The van der Waals surface area contributed by atoms with Crippen molar-refractivity contribution in [1.82, 2.24) is 0 Å². The van der Waals surface area contributed by atoms with E-state index < -0.39 is 42.2 Å². The monoisotopic (exact) mass is 309 g/mol. The molecule has 1 amide bonds. The zero-order valence-corrected chi connectivity index (χ0v) is 11.2. The molecule has 2 rings (SSSR count). The molecule has 0 unspecified atom stereocenters. The molecule has 2 fully saturated rings. The summed E-state index contributed by atoms with van der Waals surface area (Å²) in [5.74, 6) is -1.46. The van der Waals surface area contributed by atoms with Crippen LogP contribution >= 0.6 is 15.9 Å². The van der Waals surface area contributed by atoms with Crippen LogP contribution in [-0.4, -0.2) is 52.7 Å². The summed E-state index contributed by atoms with van der Waals surface area (Å²) in [5, 5.41) is 10.5. The number of carbonyl (C=O) groups excluding carboxylic acids is 1. The van der Waals surface area contributed by atoms with Crippen molar-refractivity contribution in [2.45, 2.75) is 50.2 Å². The number of primary amides is 1. The minimum atomic E-state index is -0.896. The second kappa shape index (κ2) is 4.47. The molecular formula is C10H16BrNO5. The van der Waals surface area contributed by atoms with Crippen LogP contribution in [0.4, 0.5) is 0 Å². The van der Waals surface area contributed by atoms with Gasteiger partial charge in [-0.25, -0.2) is 0 Å². The van der Waals surface area contributed by atoms with Gasteiger partial charge in [-0.2, -0.15) is 0 Å². The van der Waals surface area contributed by atoms with Crippen molar-refractivity contribution in [1.29, 1.82) is 0 Å². The van der Waals surface area contributed by atoms with Gasteiger partial charge in [-0.1, -0.05) is 15.9 Å². The summed E-state index contributed by atoms with van der Waals surface area (Å²) in [4.78, 5) is 11.3. The molecule has 17 heavy (non-hydrogen) atoms. The number of amides is 1. The van der Waals surface area contributed by atoms with Crippen LogP contribution in [0.3, 0.4) is 0 Å². The van der Waals surface area contributed by atoms with Gasteiger partial charge in [-0.3, -0.25) is 4.79 Å². The number of fused-ring (bicyclic) bond motifs is 1. The first-order chi connectivity index (χ1) is 7.85. The van der Waals surface area contributed by atoms with Gasteiger partial charge in [-0.05, 0) is 13.8 Å². The number of aliphatic hydroxyl groups excluding tert-OH is 1. The van der Waals surface area contributed by atoms with Crippen LogP contribution in [-0.2, 0) is 19.0 Å². The molecule has 2 saturated heterocycles. The van der Waals surface area contributed by atoms with Gasteiger partial charge in [0.05, 0.1) is 6.10 Å². The van der Waals surface area contributed by atoms with Crippen LogP contribution in [0.15, 0.2) is 0 Å². The van der Waals surface area contributed by atoms with Gasteiger partial charge in [-0.15, -0.1) is 0 Å². The molecule has 2 heterocycles. The zero-order chi connectivity index (χ0) is 12.8. The third kappa shape index (κ3) is 2.34. The zero-order valence-electron chi connectivity index (χ0n) is 9.63. The van der Waals surface area contributed by atoms with E-state index in [0.717, 1.165) is 0 Å². The molecule has 0 saturated carbocycles. The second-order valence-corrected chi connectivity index (χ2v) is 5.35. The molecule has 0 radical (unpaired) electrons. The summed E-state index contributed by atoms with van der Waals surface area (Å²) in [5.41, 5.74) is 5.28. The number of halogens is 1. The van der Waals surface area contributed by atoms with Gasteiger partial charge in [0, 0.05) is 5.33 Å². The Morgan fingerprint density at radius 3 is 2.53 bits per heavy atom. The van der Waals surface area contributed by atoms with Gasteiger partial charge in [0.2, 0.25) is 5.91 Å². The van der Waals surface area contributed by atoms with Crippen LogP contribution in [0.2, 0.25) is 0 Å². The highest BCUT2D eigenvalue weighted by molar-refractivity contribution is 9.09. The molecule has 2 aliphatic rings. The van der Waals surface area contributed by atoms with Crippen molar-refractivity contribution in [3.63, 3.8) is 0 Å². The lowest BCUT2D eigenvalue weighted by Crippen LogP contribution is -2.60. The Morgan fingerprint density at radius 2 is 2.00 bits per heavy atom. The number of nitrogens with two attached hydrogens (primary N) is 1. The summed E-state index contributed by atoms with van der Waals surface area (Å²) < 4.78 is 16.6. The van der Waals surface area contributed by atoms with Gasteiger partial charge >= 0.3 is 0 Å². The normalized spacial score (nSPS) is 44.4. The molecule has 6 nitrogen and oxygen atoms in total. The fraction of sp³-hybridized carbons (Fsp3) is 0.900. The van der Waals surface area contributed by atoms with Gasteiger partial charge in [0.1, 0.15) is 18.3 Å². The van der Waals surface area contributed by atoms with E-state index >= 15 is 0 Å². The van der Waals surface area contributed by atoms with Crippen LogP contribution in [0.5, 0.6) is 0 Å². The lowest BCUT2D eigenvalue weighted by atomic mass is 9.95. The van der Waals surface area contributed by atoms with E-state index in [1.807, 2.05) is 0 Å². The Bertz CT molecular complexity index is 324. The third-order valence-corrected chi connectivity index (χ3v) is 3.57. The number of alkyl halides is 1. The lowest BCUT2D eigenvalue weighted by Gasteiger charge is -2.38. The van der Waals surface area contributed by atoms with Crippen molar-refractivity contribution < 1.29 is 24.1 Å². The fourth-order valence-corrected chi connectivity index (χ4v) is 2.77. The number of aliphatic hydroxyl groups is 1. The summed E-state index contributed by atoms with van der Waals surface area (Å²) >= 11 is 3.22. The third-order valence-electron chi connectivity index (χ3n) is 2.93. The predicted molar refractivity (Wildman–Crippen MR) is 61.5 cm³/mol. The standard InChI is InChI=1S/C10H16BrNO5/c1-10(2)16-6-5(13)4(3-11)15-8(9(12)14)7(6)17-10/h4-8,13H,3H2,1-2H3,(H2,12,14)/t4-,5+,6-,7-,8+/m1/s1. The first-order valence-electron chi connectivity index (χ1n) is 5.40. The maximum absolute atomic E-state index is 11.3. The molecule has 0 bridgehead atoms. The number of hydrogen-bond acceptors (Lipinski definition) is 5. The van der Waals surface area contributed by atoms with Crippen LogP contribution in [0.25, 0.3) is 0 Å².